The first-order valence-electron chi connectivity index (χ1n) is 6.10. The molecule has 2 N–H and O–H groups in total. The molecule has 0 aliphatic carbocycles. The summed E-state index contributed by atoms with van der Waals surface area (Å²) < 4.78 is 0. The van der Waals surface area contributed by atoms with Crippen LogP contribution >= 0.6 is 0 Å². The highest BCUT2D eigenvalue weighted by atomic mass is 16.2. The number of aryl methyl sites for hydroxylation is 2. The van der Waals surface area contributed by atoms with E-state index in [-0.39, 0.29) is 18.0 Å². The molecule has 2 atom stereocenters. The number of hydrogen-bond acceptors (Lipinski definition) is 2. The predicted octanol–water partition coefficient (Wildman–Crippen LogP) is 1.92. The third kappa shape index (κ3) is 2.50. The van der Waals surface area contributed by atoms with Gasteiger partial charge >= 0.3 is 0 Å². The van der Waals surface area contributed by atoms with Crippen LogP contribution in [-0.4, -0.2) is 23.4 Å². The Hall–Kier alpha value is -1.35. The fraction of sp³-hybridized carbons (Fsp3) is 0.500. The van der Waals surface area contributed by atoms with Crippen LogP contribution in [-0.2, 0) is 4.79 Å². The van der Waals surface area contributed by atoms with Crippen LogP contribution in [0.1, 0.15) is 36.1 Å². The van der Waals surface area contributed by atoms with E-state index in [4.69, 9.17) is 5.73 Å². The second kappa shape index (κ2) is 4.49. The van der Waals surface area contributed by atoms with Gasteiger partial charge in [-0.15, -0.1) is 0 Å². The quantitative estimate of drug-likeness (QED) is 0.846. The number of hydrogen-bond donors (Lipinski definition) is 1. The van der Waals surface area contributed by atoms with E-state index in [1.54, 1.807) is 0 Å². The normalized spacial score (nSPS) is 22.0. The van der Waals surface area contributed by atoms with Gasteiger partial charge in [0.25, 0.3) is 0 Å². The summed E-state index contributed by atoms with van der Waals surface area (Å²) in [7, 11) is 0. The monoisotopic (exact) mass is 232 g/mol. The van der Waals surface area contributed by atoms with Crippen molar-refractivity contribution in [3.05, 3.63) is 34.9 Å². The minimum Gasteiger partial charge on any atom is -0.334 e. The molecule has 1 amide bonds. The smallest absolute Gasteiger partial charge is 0.224 e. The van der Waals surface area contributed by atoms with E-state index in [1.165, 1.54) is 16.7 Å². The zero-order valence-corrected chi connectivity index (χ0v) is 10.7. The van der Waals surface area contributed by atoms with Crippen LogP contribution in [0.2, 0.25) is 0 Å². The average molecular weight is 232 g/mol. The molecule has 0 bridgehead atoms. The zero-order chi connectivity index (χ0) is 12.6. The van der Waals surface area contributed by atoms with E-state index >= 15 is 0 Å². The van der Waals surface area contributed by atoms with E-state index in [1.807, 2.05) is 4.90 Å². The molecule has 2 rings (SSSR count). The lowest BCUT2D eigenvalue weighted by Gasteiger charge is -2.25. The first kappa shape index (κ1) is 12.1. The Morgan fingerprint density at radius 2 is 1.88 bits per heavy atom. The zero-order valence-electron chi connectivity index (χ0n) is 10.7. The van der Waals surface area contributed by atoms with Crippen LogP contribution in [0.15, 0.2) is 18.2 Å². The molecule has 1 aromatic rings. The van der Waals surface area contributed by atoms with Gasteiger partial charge in [0.15, 0.2) is 0 Å². The number of amides is 1. The number of nitrogens with zero attached hydrogens (tertiary/aromatic N) is 1. The Morgan fingerprint density at radius 3 is 2.35 bits per heavy atom. The molecule has 1 aliphatic rings. The number of rotatable bonds is 2. The standard InChI is InChI=1S/C14H20N2O/c1-9-4-10(2)6-12(5-9)11(3)16-8-13(15)7-14(16)17/h4-6,11,13H,7-8,15H2,1-3H3. The first-order chi connectivity index (χ1) is 7.97. The van der Waals surface area contributed by atoms with Gasteiger partial charge in [0, 0.05) is 19.0 Å². The van der Waals surface area contributed by atoms with Gasteiger partial charge in [0.2, 0.25) is 5.91 Å². The lowest BCUT2D eigenvalue weighted by atomic mass is 10.0. The molecular formula is C14H20N2O. The number of likely N-dealkylation sites (tertiary alicyclic amines) is 1. The molecule has 1 saturated heterocycles. The van der Waals surface area contributed by atoms with Crippen molar-refractivity contribution >= 4 is 5.91 Å². The Kier molecular flexibility index (Phi) is 3.20. The molecule has 1 heterocycles. The van der Waals surface area contributed by atoms with Gasteiger partial charge in [0.1, 0.15) is 0 Å². The lowest BCUT2D eigenvalue weighted by molar-refractivity contribution is -0.129. The highest BCUT2D eigenvalue weighted by Crippen LogP contribution is 2.26. The van der Waals surface area contributed by atoms with Crippen LogP contribution < -0.4 is 5.73 Å². The molecule has 92 valence electrons. The molecule has 0 aromatic heterocycles. The average Bonchev–Trinajstić information content (AvgIpc) is 2.55. The van der Waals surface area contributed by atoms with Crippen LogP contribution in [0, 0.1) is 13.8 Å². The summed E-state index contributed by atoms with van der Waals surface area (Å²) in [5.41, 5.74) is 9.51. The molecule has 0 spiro atoms. The van der Waals surface area contributed by atoms with Crippen molar-refractivity contribution < 1.29 is 4.79 Å². The van der Waals surface area contributed by atoms with Gasteiger partial charge in [-0.1, -0.05) is 29.3 Å². The predicted molar refractivity (Wildman–Crippen MR) is 68.6 cm³/mol. The molecule has 0 saturated carbocycles. The van der Waals surface area contributed by atoms with Crippen molar-refractivity contribution in [1.82, 2.24) is 4.90 Å². The Balaban J connectivity index is 2.24. The van der Waals surface area contributed by atoms with E-state index < -0.39 is 0 Å². The van der Waals surface area contributed by atoms with Gasteiger partial charge in [-0.05, 0) is 26.3 Å². The molecule has 3 nitrogen and oxygen atoms in total. The van der Waals surface area contributed by atoms with Crippen molar-refractivity contribution in [3.8, 4) is 0 Å². The SMILES string of the molecule is Cc1cc(C)cc(C(C)N2CC(N)CC2=O)c1. The molecule has 1 aromatic carbocycles. The molecule has 1 aliphatic heterocycles. The van der Waals surface area contributed by atoms with Gasteiger partial charge < -0.3 is 10.6 Å². The maximum absolute atomic E-state index is 11.8. The molecule has 0 radical (unpaired) electrons. The molecule has 3 heteroatoms. The van der Waals surface area contributed by atoms with Crippen molar-refractivity contribution in [2.75, 3.05) is 6.54 Å². The Morgan fingerprint density at radius 1 is 1.29 bits per heavy atom. The molecule has 2 unspecified atom stereocenters. The number of nitrogens with two attached hydrogens (primary N) is 1. The number of carbonyl (C=O) groups is 1. The van der Waals surface area contributed by atoms with E-state index in [9.17, 15) is 4.79 Å². The van der Waals surface area contributed by atoms with E-state index in [2.05, 4.69) is 39.0 Å². The topological polar surface area (TPSA) is 46.3 Å². The summed E-state index contributed by atoms with van der Waals surface area (Å²) in [6.45, 7) is 6.92. The second-order valence-corrected chi connectivity index (χ2v) is 5.11. The van der Waals surface area contributed by atoms with Crippen molar-refractivity contribution in [2.24, 2.45) is 5.73 Å². The number of carbonyl (C=O) groups excluding carboxylic acids is 1. The van der Waals surface area contributed by atoms with Gasteiger partial charge in [-0.25, -0.2) is 0 Å². The van der Waals surface area contributed by atoms with Crippen LogP contribution in [0.4, 0.5) is 0 Å². The summed E-state index contributed by atoms with van der Waals surface area (Å²) in [4.78, 5) is 13.7. The van der Waals surface area contributed by atoms with E-state index in [0.29, 0.717) is 13.0 Å². The molecule has 17 heavy (non-hydrogen) atoms. The summed E-state index contributed by atoms with van der Waals surface area (Å²) in [6, 6.07) is 6.56. The Bertz CT molecular complexity index is 422. The third-order valence-corrected chi connectivity index (χ3v) is 3.38. The van der Waals surface area contributed by atoms with Crippen molar-refractivity contribution in [3.63, 3.8) is 0 Å². The van der Waals surface area contributed by atoms with Crippen molar-refractivity contribution in [2.45, 2.75) is 39.3 Å². The first-order valence-corrected chi connectivity index (χ1v) is 6.10. The fourth-order valence-electron chi connectivity index (χ4n) is 2.57. The lowest BCUT2D eigenvalue weighted by Crippen LogP contribution is -2.30. The molecule has 1 fully saturated rings. The Labute approximate surface area is 103 Å². The highest BCUT2D eigenvalue weighted by Gasteiger charge is 2.31. The van der Waals surface area contributed by atoms with Crippen LogP contribution in [0.3, 0.4) is 0 Å². The summed E-state index contributed by atoms with van der Waals surface area (Å²) >= 11 is 0. The van der Waals surface area contributed by atoms with E-state index in [0.717, 1.165) is 0 Å². The minimum absolute atomic E-state index is 0.00384. The largest absolute Gasteiger partial charge is 0.334 e. The maximum atomic E-state index is 11.8. The van der Waals surface area contributed by atoms with Gasteiger partial charge in [-0.3, -0.25) is 4.79 Å². The van der Waals surface area contributed by atoms with Crippen molar-refractivity contribution in [1.29, 1.82) is 0 Å². The maximum Gasteiger partial charge on any atom is 0.224 e. The number of benzene rings is 1. The van der Waals surface area contributed by atoms with Crippen LogP contribution in [0.25, 0.3) is 0 Å². The molecular weight excluding hydrogens is 212 g/mol. The van der Waals surface area contributed by atoms with Crippen LogP contribution in [0.5, 0.6) is 0 Å². The minimum atomic E-state index is -0.00384. The third-order valence-electron chi connectivity index (χ3n) is 3.38. The second-order valence-electron chi connectivity index (χ2n) is 5.11. The highest BCUT2D eigenvalue weighted by molar-refractivity contribution is 5.79. The summed E-state index contributed by atoms with van der Waals surface area (Å²) in [5, 5.41) is 0. The fourth-order valence-corrected chi connectivity index (χ4v) is 2.57. The van der Waals surface area contributed by atoms with Gasteiger partial charge in [0.05, 0.1) is 6.04 Å². The summed E-state index contributed by atoms with van der Waals surface area (Å²) in [5.74, 6) is 0.171. The van der Waals surface area contributed by atoms with Gasteiger partial charge in [-0.2, -0.15) is 0 Å². The summed E-state index contributed by atoms with van der Waals surface area (Å²) in [6.07, 6.45) is 0.481.